The molecular formula is C15H17BrN2O3. The summed E-state index contributed by atoms with van der Waals surface area (Å²) < 4.78 is 16.9. The molecule has 0 saturated carbocycles. The van der Waals surface area contributed by atoms with Crippen molar-refractivity contribution in [2.75, 3.05) is 26.6 Å². The molecule has 1 aromatic heterocycles. The molecule has 1 N–H and O–H groups in total. The summed E-state index contributed by atoms with van der Waals surface area (Å²) in [5, 5.41) is 3.29. The number of pyridine rings is 1. The van der Waals surface area contributed by atoms with Crippen molar-refractivity contribution < 1.29 is 14.2 Å². The Morgan fingerprint density at radius 1 is 1.05 bits per heavy atom. The Labute approximate surface area is 132 Å². The highest BCUT2D eigenvalue weighted by atomic mass is 79.9. The first-order chi connectivity index (χ1) is 10.2. The molecule has 0 unspecified atom stereocenters. The molecule has 0 spiro atoms. The molecule has 21 heavy (non-hydrogen) atoms. The van der Waals surface area contributed by atoms with E-state index in [0.717, 1.165) is 15.9 Å². The number of nitrogens with one attached hydrogen (secondary N) is 1. The first kappa shape index (κ1) is 15.4. The zero-order valence-electron chi connectivity index (χ0n) is 12.1. The molecule has 2 rings (SSSR count). The van der Waals surface area contributed by atoms with Crippen LogP contribution in [0.1, 0.15) is 5.69 Å². The van der Waals surface area contributed by atoms with Crippen LogP contribution in [0.5, 0.6) is 17.2 Å². The van der Waals surface area contributed by atoms with Crippen LogP contribution in [-0.2, 0) is 6.54 Å². The van der Waals surface area contributed by atoms with Gasteiger partial charge in [0.25, 0.3) is 0 Å². The van der Waals surface area contributed by atoms with Gasteiger partial charge < -0.3 is 19.5 Å². The van der Waals surface area contributed by atoms with Crippen LogP contribution in [0.3, 0.4) is 0 Å². The molecular weight excluding hydrogens is 336 g/mol. The number of ether oxygens (including phenoxy) is 3. The predicted molar refractivity (Wildman–Crippen MR) is 85.4 cm³/mol. The number of aromatic nitrogens is 1. The lowest BCUT2D eigenvalue weighted by atomic mass is 10.2. The summed E-state index contributed by atoms with van der Waals surface area (Å²) in [4.78, 5) is 4.32. The van der Waals surface area contributed by atoms with Crippen molar-refractivity contribution in [2.45, 2.75) is 6.54 Å². The van der Waals surface area contributed by atoms with Crippen LogP contribution in [0, 0.1) is 0 Å². The summed E-state index contributed by atoms with van der Waals surface area (Å²) in [6.07, 6.45) is 1.77. The summed E-state index contributed by atoms with van der Waals surface area (Å²) in [5.41, 5.74) is 1.81. The molecule has 0 amide bonds. The molecule has 0 bridgehead atoms. The lowest BCUT2D eigenvalue weighted by Gasteiger charge is -2.15. The van der Waals surface area contributed by atoms with Gasteiger partial charge in [0.2, 0.25) is 5.75 Å². The average Bonchev–Trinajstić information content (AvgIpc) is 2.53. The zero-order chi connectivity index (χ0) is 15.2. The van der Waals surface area contributed by atoms with E-state index in [-0.39, 0.29) is 0 Å². The van der Waals surface area contributed by atoms with E-state index in [1.165, 1.54) is 0 Å². The van der Waals surface area contributed by atoms with Crippen LogP contribution in [0.2, 0.25) is 0 Å². The van der Waals surface area contributed by atoms with Gasteiger partial charge in [0.05, 0.1) is 33.6 Å². The molecule has 112 valence electrons. The van der Waals surface area contributed by atoms with Crippen LogP contribution in [0.15, 0.2) is 34.9 Å². The van der Waals surface area contributed by atoms with E-state index in [9.17, 15) is 0 Å². The smallest absolute Gasteiger partial charge is 0.203 e. The summed E-state index contributed by atoms with van der Waals surface area (Å²) in [7, 11) is 4.77. The maximum atomic E-state index is 5.32. The van der Waals surface area contributed by atoms with Crippen LogP contribution in [-0.4, -0.2) is 26.3 Å². The summed E-state index contributed by atoms with van der Waals surface area (Å²) in [6.45, 7) is 0.603. The quantitative estimate of drug-likeness (QED) is 0.862. The fraction of sp³-hybridized carbons (Fsp3) is 0.267. The summed E-state index contributed by atoms with van der Waals surface area (Å²) in [6, 6.07) is 7.63. The Bertz CT molecular complexity index is 577. The van der Waals surface area contributed by atoms with Gasteiger partial charge in [-0.2, -0.15) is 0 Å². The van der Waals surface area contributed by atoms with Gasteiger partial charge in [0.15, 0.2) is 11.5 Å². The van der Waals surface area contributed by atoms with Crippen molar-refractivity contribution in [3.8, 4) is 17.2 Å². The Balaban J connectivity index is 2.18. The SMILES string of the molecule is COc1cc(NCc2ccc(Br)cn2)cc(OC)c1OC. The maximum Gasteiger partial charge on any atom is 0.203 e. The highest BCUT2D eigenvalue weighted by Crippen LogP contribution is 2.39. The first-order valence-corrected chi connectivity index (χ1v) is 7.11. The minimum atomic E-state index is 0.576. The molecule has 0 radical (unpaired) electrons. The average molecular weight is 353 g/mol. The standard InChI is InChI=1S/C15H17BrN2O3/c1-19-13-6-12(7-14(20-2)15(13)21-3)18-9-11-5-4-10(16)8-17-11/h4-8,18H,9H2,1-3H3. The number of hydrogen-bond donors (Lipinski definition) is 1. The molecule has 0 saturated heterocycles. The van der Waals surface area contributed by atoms with Gasteiger partial charge in [-0.15, -0.1) is 0 Å². The molecule has 6 heteroatoms. The highest BCUT2D eigenvalue weighted by Gasteiger charge is 2.13. The number of anilines is 1. The van der Waals surface area contributed by atoms with Gasteiger partial charge in [0, 0.05) is 28.5 Å². The van der Waals surface area contributed by atoms with Crippen molar-refractivity contribution in [2.24, 2.45) is 0 Å². The van der Waals surface area contributed by atoms with Crippen LogP contribution in [0.25, 0.3) is 0 Å². The van der Waals surface area contributed by atoms with E-state index < -0.39 is 0 Å². The van der Waals surface area contributed by atoms with Crippen LogP contribution < -0.4 is 19.5 Å². The molecule has 1 heterocycles. The second kappa shape index (κ2) is 7.17. The minimum absolute atomic E-state index is 0.576. The molecule has 0 aliphatic carbocycles. The Morgan fingerprint density at radius 3 is 2.19 bits per heavy atom. The van der Waals surface area contributed by atoms with Crippen molar-refractivity contribution in [3.63, 3.8) is 0 Å². The van der Waals surface area contributed by atoms with Crippen molar-refractivity contribution >= 4 is 21.6 Å². The third-order valence-corrected chi connectivity index (χ3v) is 3.40. The van der Waals surface area contributed by atoms with Gasteiger partial charge >= 0.3 is 0 Å². The first-order valence-electron chi connectivity index (χ1n) is 6.32. The van der Waals surface area contributed by atoms with Gasteiger partial charge in [-0.25, -0.2) is 0 Å². The molecule has 0 fully saturated rings. The monoisotopic (exact) mass is 352 g/mol. The number of nitrogens with zero attached hydrogens (tertiary/aromatic N) is 1. The zero-order valence-corrected chi connectivity index (χ0v) is 13.7. The minimum Gasteiger partial charge on any atom is -0.493 e. The molecule has 2 aromatic rings. The molecule has 1 aromatic carbocycles. The normalized spacial score (nSPS) is 10.1. The number of halogens is 1. The van der Waals surface area contributed by atoms with Gasteiger partial charge in [-0.3, -0.25) is 4.98 Å². The molecule has 5 nitrogen and oxygen atoms in total. The van der Waals surface area contributed by atoms with E-state index in [1.54, 1.807) is 27.5 Å². The number of methoxy groups -OCH3 is 3. The fourth-order valence-electron chi connectivity index (χ4n) is 1.89. The Kier molecular flexibility index (Phi) is 5.27. The number of rotatable bonds is 6. The molecule has 0 atom stereocenters. The second-order valence-corrected chi connectivity index (χ2v) is 5.15. The van der Waals surface area contributed by atoms with E-state index in [4.69, 9.17) is 14.2 Å². The van der Waals surface area contributed by atoms with E-state index in [0.29, 0.717) is 23.8 Å². The van der Waals surface area contributed by atoms with Gasteiger partial charge in [0.1, 0.15) is 0 Å². The lowest BCUT2D eigenvalue weighted by Crippen LogP contribution is -2.03. The largest absolute Gasteiger partial charge is 0.493 e. The predicted octanol–water partition coefficient (Wildman–Crippen LogP) is 3.48. The third-order valence-electron chi connectivity index (χ3n) is 2.93. The number of hydrogen-bond acceptors (Lipinski definition) is 5. The van der Waals surface area contributed by atoms with Crippen molar-refractivity contribution in [3.05, 3.63) is 40.6 Å². The fourth-order valence-corrected chi connectivity index (χ4v) is 2.12. The van der Waals surface area contributed by atoms with Crippen LogP contribution >= 0.6 is 15.9 Å². The number of benzene rings is 1. The second-order valence-electron chi connectivity index (χ2n) is 4.24. The maximum absolute atomic E-state index is 5.32. The van der Waals surface area contributed by atoms with Crippen molar-refractivity contribution in [1.82, 2.24) is 4.98 Å². The van der Waals surface area contributed by atoms with Crippen LogP contribution in [0.4, 0.5) is 5.69 Å². The van der Waals surface area contributed by atoms with E-state index >= 15 is 0 Å². The highest BCUT2D eigenvalue weighted by molar-refractivity contribution is 9.10. The summed E-state index contributed by atoms with van der Waals surface area (Å²) in [5.74, 6) is 1.80. The van der Waals surface area contributed by atoms with Gasteiger partial charge in [-0.05, 0) is 28.1 Å². The topological polar surface area (TPSA) is 52.6 Å². The Morgan fingerprint density at radius 2 is 1.71 bits per heavy atom. The molecule has 0 aliphatic rings. The summed E-state index contributed by atoms with van der Waals surface area (Å²) >= 11 is 3.37. The Hall–Kier alpha value is -1.95. The van der Waals surface area contributed by atoms with Crippen molar-refractivity contribution in [1.29, 1.82) is 0 Å². The molecule has 0 aliphatic heterocycles. The third kappa shape index (κ3) is 3.78. The van der Waals surface area contributed by atoms with E-state index in [1.807, 2.05) is 24.3 Å². The van der Waals surface area contributed by atoms with Gasteiger partial charge in [-0.1, -0.05) is 0 Å². The van der Waals surface area contributed by atoms with E-state index in [2.05, 4.69) is 26.2 Å². The lowest BCUT2D eigenvalue weighted by molar-refractivity contribution is 0.324.